The predicted molar refractivity (Wildman–Crippen MR) is 101 cm³/mol. The largest absolute Gasteiger partial charge is 0.338 e. The first kappa shape index (κ1) is 16.1. The van der Waals surface area contributed by atoms with Crippen LogP contribution < -0.4 is 0 Å². The van der Waals surface area contributed by atoms with Crippen LogP contribution in [0.15, 0.2) is 53.4 Å². The fourth-order valence-corrected chi connectivity index (χ4v) is 4.23. The number of likely N-dealkylation sites (tertiary alicyclic amines) is 1. The van der Waals surface area contributed by atoms with Gasteiger partial charge in [0.2, 0.25) is 0 Å². The van der Waals surface area contributed by atoms with E-state index in [2.05, 4.69) is 28.6 Å². The van der Waals surface area contributed by atoms with Crippen LogP contribution in [-0.2, 0) is 0 Å². The Labute approximate surface area is 151 Å². The van der Waals surface area contributed by atoms with Gasteiger partial charge in [0.25, 0.3) is 5.91 Å². The zero-order chi connectivity index (χ0) is 17.2. The summed E-state index contributed by atoms with van der Waals surface area (Å²) in [6.07, 6.45) is 3.88. The molecule has 4 nitrogen and oxygen atoms in total. The molecule has 0 N–H and O–H groups in total. The van der Waals surface area contributed by atoms with Gasteiger partial charge in [-0.05, 0) is 31.2 Å². The highest BCUT2D eigenvalue weighted by Crippen LogP contribution is 2.30. The van der Waals surface area contributed by atoms with Crippen LogP contribution in [0.1, 0.15) is 34.9 Å². The summed E-state index contributed by atoms with van der Waals surface area (Å²) in [6.45, 7) is 3.71. The van der Waals surface area contributed by atoms with Crippen LogP contribution in [0.4, 0.5) is 0 Å². The third-order valence-electron chi connectivity index (χ3n) is 4.90. The van der Waals surface area contributed by atoms with Gasteiger partial charge in [-0.15, -0.1) is 0 Å². The Hall–Kier alpha value is -2.40. The van der Waals surface area contributed by atoms with Crippen LogP contribution in [0.3, 0.4) is 0 Å². The summed E-state index contributed by atoms with van der Waals surface area (Å²) in [5, 5.41) is 3.89. The smallest absolute Gasteiger partial charge is 0.254 e. The molecule has 0 atom stereocenters. The molecule has 0 spiro atoms. The lowest BCUT2D eigenvalue weighted by Gasteiger charge is -2.33. The molecule has 3 aromatic rings. The van der Waals surface area contributed by atoms with Crippen molar-refractivity contribution in [2.24, 2.45) is 0 Å². The van der Waals surface area contributed by atoms with Gasteiger partial charge in [-0.3, -0.25) is 4.79 Å². The van der Waals surface area contributed by atoms with Crippen molar-refractivity contribution in [3.8, 4) is 11.4 Å². The molecule has 0 radical (unpaired) electrons. The number of nitrogens with zero attached hydrogens (tertiary/aromatic N) is 3. The molecule has 4 rings (SSSR count). The van der Waals surface area contributed by atoms with Crippen LogP contribution in [-0.4, -0.2) is 33.4 Å². The highest BCUT2D eigenvalue weighted by Gasteiger charge is 2.27. The second-order valence-corrected chi connectivity index (χ2v) is 7.27. The lowest BCUT2D eigenvalue weighted by Crippen LogP contribution is -2.39. The molecule has 3 heterocycles. The van der Waals surface area contributed by atoms with Gasteiger partial charge >= 0.3 is 0 Å². The number of aryl methyl sites for hydroxylation is 1. The monoisotopic (exact) mass is 351 g/mol. The number of thiophene rings is 1. The standard InChI is InChI=1S/C20H21N3OS/c1-15-13-21-19(16-5-3-2-4-6-16)23(15)18-7-10-22(11-8-18)20(24)17-9-12-25-14-17/h2-6,9,12-14,18H,7-8,10-11H2,1H3. The molecule has 2 aromatic heterocycles. The number of rotatable bonds is 3. The summed E-state index contributed by atoms with van der Waals surface area (Å²) >= 11 is 1.57. The molecule has 0 bridgehead atoms. The van der Waals surface area contributed by atoms with E-state index < -0.39 is 0 Å². The quantitative estimate of drug-likeness (QED) is 0.701. The maximum absolute atomic E-state index is 12.5. The van der Waals surface area contributed by atoms with E-state index in [9.17, 15) is 4.79 Å². The molecule has 0 unspecified atom stereocenters. The van der Waals surface area contributed by atoms with Crippen molar-refractivity contribution >= 4 is 17.2 Å². The molecule has 0 saturated carbocycles. The SMILES string of the molecule is Cc1cnc(-c2ccccc2)n1C1CCN(C(=O)c2ccsc2)CC1. The third kappa shape index (κ3) is 3.12. The Kier molecular flexibility index (Phi) is 4.40. The van der Waals surface area contributed by atoms with Crippen LogP contribution >= 0.6 is 11.3 Å². The van der Waals surface area contributed by atoms with E-state index in [1.807, 2.05) is 46.1 Å². The van der Waals surface area contributed by atoms with Crippen LogP contribution in [0.25, 0.3) is 11.4 Å². The van der Waals surface area contributed by atoms with Gasteiger partial charge in [-0.2, -0.15) is 11.3 Å². The first-order valence-corrected chi connectivity index (χ1v) is 9.59. The summed E-state index contributed by atoms with van der Waals surface area (Å²) in [7, 11) is 0. The topological polar surface area (TPSA) is 38.1 Å². The highest BCUT2D eigenvalue weighted by atomic mass is 32.1. The Morgan fingerprint density at radius 3 is 2.60 bits per heavy atom. The molecule has 1 amide bonds. The molecule has 1 fully saturated rings. The van der Waals surface area contributed by atoms with E-state index in [0.29, 0.717) is 6.04 Å². The van der Waals surface area contributed by atoms with E-state index in [0.717, 1.165) is 42.9 Å². The van der Waals surface area contributed by atoms with Crippen molar-refractivity contribution in [1.29, 1.82) is 0 Å². The predicted octanol–water partition coefficient (Wildman–Crippen LogP) is 4.40. The van der Waals surface area contributed by atoms with E-state index in [1.54, 1.807) is 11.3 Å². The fourth-order valence-electron chi connectivity index (χ4n) is 3.60. The highest BCUT2D eigenvalue weighted by molar-refractivity contribution is 7.08. The van der Waals surface area contributed by atoms with Gasteiger partial charge < -0.3 is 9.47 Å². The lowest BCUT2D eigenvalue weighted by atomic mass is 10.0. The maximum atomic E-state index is 12.5. The van der Waals surface area contributed by atoms with Gasteiger partial charge in [-0.25, -0.2) is 4.98 Å². The zero-order valence-corrected chi connectivity index (χ0v) is 15.1. The van der Waals surface area contributed by atoms with E-state index >= 15 is 0 Å². The van der Waals surface area contributed by atoms with Crippen molar-refractivity contribution in [2.45, 2.75) is 25.8 Å². The Morgan fingerprint density at radius 2 is 1.92 bits per heavy atom. The molecule has 5 heteroatoms. The molecule has 25 heavy (non-hydrogen) atoms. The van der Waals surface area contributed by atoms with Gasteiger partial charge in [0.05, 0.1) is 5.56 Å². The number of imidazole rings is 1. The number of benzene rings is 1. The van der Waals surface area contributed by atoms with Gasteiger partial charge in [-0.1, -0.05) is 30.3 Å². The molecule has 0 aliphatic carbocycles. The van der Waals surface area contributed by atoms with E-state index in [4.69, 9.17) is 0 Å². The number of piperidine rings is 1. The summed E-state index contributed by atoms with van der Waals surface area (Å²) in [4.78, 5) is 19.1. The zero-order valence-electron chi connectivity index (χ0n) is 14.3. The second kappa shape index (κ2) is 6.84. The fraction of sp³-hybridized carbons (Fsp3) is 0.300. The number of carbonyl (C=O) groups is 1. The molecular formula is C20H21N3OS. The van der Waals surface area contributed by atoms with Crippen molar-refractivity contribution in [2.75, 3.05) is 13.1 Å². The van der Waals surface area contributed by atoms with E-state index in [1.165, 1.54) is 5.69 Å². The van der Waals surface area contributed by atoms with Crippen molar-refractivity contribution < 1.29 is 4.79 Å². The third-order valence-corrected chi connectivity index (χ3v) is 5.58. The van der Waals surface area contributed by atoms with Crippen molar-refractivity contribution in [1.82, 2.24) is 14.5 Å². The minimum Gasteiger partial charge on any atom is -0.338 e. The van der Waals surface area contributed by atoms with Crippen molar-refractivity contribution in [3.63, 3.8) is 0 Å². The number of carbonyl (C=O) groups excluding carboxylic acids is 1. The molecule has 1 aromatic carbocycles. The maximum Gasteiger partial charge on any atom is 0.254 e. The van der Waals surface area contributed by atoms with Crippen LogP contribution in [0, 0.1) is 6.92 Å². The number of hydrogen-bond donors (Lipinski definition) is 0. The van der Waals surface area contributed by atoms with Gasteiger partial charge in [0.1, 0.15) is 5.82 Å². The molecule has 1 saturated heterocycles. The first-order valence-electron chi connectivity index (χ1n) is 8.65. The minimum absolute atomic E-state index is 0.158. The summed E-state index contributed by atoms with van der Waals surface area (Å²) in [5.74, 6) is 1.19. The van der Waals surface area contributed by atoms with Crippen LogP contribution in [0.2, 0.25) is 0 Å². The van der Waals surface area contributed by atoms with Gasteiger partial charge in [0.15, 0.2) is 0 Å². The number of aromatic nitrogens is 2. The number of amides is 1. The molecule has 128 valence electrons. The Morgan fingerprint density at radius 1 is 1.16 bits per heavy atom. The van der Waals surface area contributed by atoms with Gasteiger partial charge in [0, 0.05) is 42.0 Å². The summed E-state index contributed by atoms with van der Waals surface area (Å²) in [6, 6.07) is 12.6. The van der Waals surface area contributed by atoms with E-state index in [-0.39, 0.29) is 5.91 Å². The summed E-state index contributed by atoms with van der Waals surface area (Å²) in [5.41, 5.74) is 3.14. The first-order chi connectivity index (χ1) is 12.2. The lowest BCUT2D eigenvalue weighted by molar-refractivity contribution is 0.0695. The average molecular weight is 351 g/mol. The van der Waals surface area contributed by atoms with Crippen LogP contribution in [0.5, 0.6) is 0 Å². The van der Waals surface area contributed by atoms with Crippen molar-refractivity contribution in [3.05, 3.63) is 64.6 Å². The average Bonchev–Trinajstić information content (AvgIpc) is 3.32. The Balaban J connectivity index is 1.52. The summed E-state index contributed by atoms with van der Waals surface area (Å²) < 4.78 is 2.35. The number of hydrogen-bond acceptors (Lipinski definition) is 3. The molecular weight excluding hydrogens is 330 g/mol. The normalized spacial score (nSPS) is 15.5. The second-order valence-electron chi connectivity index (χ2n) is 6.49. The Bertz CT molecular complexity index is 846. The molecule has 1 aliphatic rings. The molecule has 1 aliphatic heterocycles. The minimum atomic E-state index is 0.158.